The largest absolute Gasteiger partial charge is 0.546 e. The SMILES string of the molecule is CC(=Nc1ccccc1O[SiH](C)C)n1cc(C)c(C)n1. The second-order valence-electron chi connectivity index (χ2n) is 5.14. The van der Waals surface area contributed by atoms with Gasteiger partial charge in [0.1, 0.15) is 17.3 Å². The maximum absolute atomic E-state index is 5.91. The molecule has 0 radical (unpaired) electrons. The van der Waals surface area contributed by atoms with Crippen molar-refractivity contribution >= 4 is 20.6 Å². The maximum Gasteiger partial charge on any atom is 0.229 e. The van der Waals surface area contributed by atoms with Crippen molar-refractivity contribution in [3.8, 4) is 5.75 Å². The van der Waals surface area contributed by atoms with Crippen LogP contribution in [0.3, 0.4) is 0 Å². The highest BCUT2D eigenvalue weighted by Crippen LogP contribution is 2.27. The first-order valence-electron chi connectivity index (χ1n) is 6.81. The summed E-state index contributed by atoms with van der Waals surface area (Å²) in [6.45, 7) is 10.3. The molecule has 0 aliphatic heterocycles. The van der Waals surface area contributed by atoms with Gasteiger partial charge >= 0.3 is 0 Å². The zero-order valence-corrected chi connectivity index (χ0v) is 13.9. The van der Waals surface area contributed by atoms with E-state index in [1.807, 2.05) is 55.9 Å². The average molecular weight is 287 g/mol. The molecule has 0 amide bonds. The molecule has 0 bridgehead atoms. The van der Waals surface area contributed by atoms with E-state index in [-0.39, 0.29) is 0 Å². The number of benzene rings is 1. The van der Waals surface area contributed by atoms with E-state index in [4.69, 9.17) is 4.43 Å². The van der Waals surface area contributed by atoms with Crippen LogP contribution in [0.1, 0.15) is 18.2 Å². The molecule has 0 saturated carbocycles. The Bertz CT molecular complexity index is 612. The molecule has 0 fully saturated rings. The highest BCUT2D eigenvalue weighted by Gasteiger charge is 2.07. The van der Waals surface area contributed by atoms with Crippen molar-refractivity contribution < 1.29 is 4.43 Å². The van der Waals surface area contributed by atoms with Crippen LogP contribution in [0.2, 0.25) is 13.1 Å². The van der Waals surface area contributed by atoms with Crippen molar-refractivity contribution in [1.82, 2.24) is 9.78 Å². The van der Waals surface area contributed by atoms with E-state index in [2.05, 4.69) is 23.2 Å². The van der Waals surface area contributed by atoms with Crippen molar-refractivity contribution in [2.75, 3.05) is 0 Å². The number of rotatable bonds is 3. The van der Waals surface area contributed by atoms with Gasteiger partial charge in [-0.3, -0.25) is 0 Å². The predicted molar refractivity (Wildman–Crippen MR) is 85.8 cm³/mol. The molecule has 1 aromatic carbocycles. The van der Waals surface area contributed by atoms with Crippen LogP contribution in [-0.2, 0) is 0 Å². The standard InChI is InChI=1S/C15H21N3OSi/c1-11-10-18(17-12(11)2)13(3)16-14-8-6-7-9-15(14)19-20(4)5/h6-10,20H,1-5H3. The van der Waals surface area contributed by atoms with Gasteiger partial charge in [0, 0.05) is 6.20 Å². The van der Waals surface area contributed by atoms with E-state index >= 15 is 0 Å². The summed E-state index contributed by atoms with van der Waals surface area (Å²) in [6, 6.07) is 7.89. The molecular weight excluding hydrogens is 266 g/mol. The number of aromatic nitrogens is 2. The van der Waals surface area contributed by atoms with Gasteiger partial charge in [0.25, 0.3) is 0 Å². The summed E-state index contributed by atoms with van der Waals surface area (Å²) in [6.07, 6.45) is 1.99. The fourth-order valence-electron chi connectivity index (χ4n) is 1.84. The van der Waals surface area contributed by atoms with Crippen LogP contribution >= 0.6 is 0 Å². The summed E-state index contributed by atoms with van der Waals surface area (Å²) in [4.78, 5) is 4.65. The van der Waals surface area contributed by atoms with E-state index in [0.717, 1.165) is 23.0 Å². The van der Waals surface area contributed by atoms with Crippen LogP contribution in [0.25, 0.3) is 0 Å². The van der Waals surface area contributed by atoms with Gasteiger partial charge in [-0.15, -0.1) is 0 Å². The second-order valence-corrected chi connectivity index (χ2v) is 7.47. The third kappa shape index (κ3) is 3.36. The van der Waals surface area contributed by atoms with E-state index in [1.165, 1.54) is 5.56 Å². The highest BCUT2D eigenvalue weighted by atomic mass is 28.3. The minimum atomic E-state index is -1.14. The maximum atomic E-state index is 5.91. The van der Waals surface area contributed by atoms with Crippen molar-refractivity contribution in [2.45, 2.75) is 33.9 Å². The summed E-state index contributed by atoms with van der Waals surface area (Å²) < 4.78 is 7.73. The second kappa shape index (κ2) is 6.05. The van der Waals surface area contributed by atoms with Crippen molar-refractivity contribution in [1.29, 1.82) is 0 Å². The normalized spacial score (nSPS) is 12.0. The molecule has 2 aromatic rings. The Morgan fingerprint density at radius 1 is 1.25 bits per heavy atom. The Kier molecular flexibility index (Phi) is 4.39. The van der Waals surface area contributed by atoms with E-state index in [9.17, 15) is 0 Å². The van der Waals surface area contributed by atoms with Crippen LogP contribution < -0.4 is 4.43 Å². The summed E-state index contributed by atoms with van der Waals surface area (Å²) in [7, 11) is -1.14. The smallest absolute Gasteiger partial charge is 0.229 e. The molecule has 2 rings (SSSR count). The first-order chi connectivity index (χ1) is 9.47. The monoisotopic (exact) mass is 287 g/mol. The van der Waals surface area contributed by atoms with Crippen LogP contribution in [0.15, 0.2) is 35.5 Å². The number of aliphatic imine (C=N–C) groups is 1. The molecule has 0 aliphatic rings. The number of hydrogen-bond acceptors (Lipinski definition) is 3. The number of hydrogen-bond donors (Lipinski definition) is 0. The summed E-state index contributed by atoms with van der Waals surface area (Å²) in [5, 5.41) is 4.45. The number of para-hydroxylation sites is 2. The van der Waals surface area contributed by atoms with Crippen molar-refractivity contribution in [2.24, 2.45) is 4.99 Å². The first kappa shape index (κ1) is 14.5. The Hall–Kier alpha value is -1.88. The minimum absolute atomic E-state index is 0.836. The lowest BCUT2D eigenvalue weighted by Gasteiger charge is -2.12. The van der Waals surface area contributed by atoms with Gasteiger partial charge in [-0.05, 0) is 51.6 Å². The van der Waals surface area contributed by atoms with Crippen molar-refractivity contribution in [3.05, 3.63) is 41.7 Å². The molecule has 0 unspecified atom stereocenters. The Balaban J connectivity index is 2.34. The van der Waals surface area contributed by atoms with Gasteiger partial charge in [-0.1, -0.05) is 12.1 Å². The van der Waals surface area contributed by atoms with Crippen LogP contribution in [-0.4, -0.2) is 24.7 Å². The van der Waals surface area contributed by atoms with Gasteiger partial charge in [-0.25, -0.2) is 9.67 Å². The van der Waals surface area contributed by atoms with E-state index in [1.54, 1.807) is 0 Å². The minimum Gasteiger partial charge on any atom is -0.546 e. The van der Waals surface area contributed by atoms with Crippen LogP contribution in [0.4, 0.5) is 5.69 Å². The topological polar surface area (TPSA) is 39.4 Å². The predicted octanol–water partition coefficient (Wildman–Crippen LogP) is 3.46. The molecular formula is C15H21N3OSi. The van der Waals surface area contributed by atoms with Gasteiger partial charge in [0.05, 0.1) is 5.69 Å². The van der Waals surface area contributed by atoms with Crippen LogP contribution in [0.5, 0.6) is 5.75 Å². The molecule has 1 aromatic heterocycles. The molecule has 0 saturated heterocycles. The Morgan fingerprint density at radius 3 is 2.55 bits per heavy atom. The summed E-state index contributed by atoms with van der Waals surface area (Å²) >= 11 is 0. The molecule has 0 spiro atoms. The molecule has 1 heterocycles. The summed E-state index contributed by atoms with van der Waals surface area (Å²) in [5.74, 6) is 1.69. The zero-order valence-electron chi connectivity index (χ0n) is 12.7. The van der Waals surface area contributed by atoms with Gasteiger partial charge in [0.15, 0.2) is 0 Å². The Labute approximate surface area is 121 Å². The molecule has 0 aliphatic carbocycles. The molecule has 106 valence electrons. The number of nitrogens with zero attached hydrogens (tertiary/aromatic N) is 3. The summed E-state index contributed by atoms with van der Waals surface area (Å²) in [5.41, 5.74) is 3.05. The van der Waals surface area contributed by atoms with Crippen LogP contribution in [0, 0.1) is 13.8 Å². The van der Waals surface area contributed by atoms with E-state index < -0.39 is 9.04 Å². The molecule has 5 heteroatoms. The first-order valence-corrected chi connectivity index (χ1v) is 9.59. The molecule has 0 atom stereocenters. The van der Waals surface area contributed by atoms with Crippen molar-refractivity contribution in [3.63, 3.8) is 0 Å². The molecule has 4 nitrogen and oxygen atoms in total. The quantitative estimate of drug-likeness (QED) is 0.493. The zero-order chi connectivity index (χ0) is 14.7. The fourth-order valence-corrected chi connectivity index (χ4v) is 2.55. The third-order valence-electron chi connectivity index (χ3n) is 2.99. The number of aryl methyl sites for hydroxylation is 2. The lowest BCUT2D eigenvalue weighted by Crippen LogP contribution is -2.12. The molecule has 20 heavy (non-hydrogen) atoms. The highest BCUT2D eigenvalue weighted by molar-refractivity contribution is 6.49. The fraction of sp³-hybridized carbons (Fsp3) is 0.333. The lowest BCUT2D eigenvalue weighted by molar-refractivity contribution is 0.582. The third-order valence-corrected chi connectivity index (χ3v) is 3.71. The average Bonchev–Trinajstić information content (AvgIpc) is 2.71. The lowest BCUT2D eigenvalue weighted by atomic mass is 10.3. The van der Waals surface area contributed by atoms with Gasteiger partial charge < -0.3 is 4.43 Å². The van der Waals surface area contributed by atoms with Gasteiger partial charge in [0.2, 0.25) is 9.04 Å². The van der Waals surface area contributed by atoms with E-state index in [0.29, 0.717) is 0 Å². The van der Waals surface area contributed by atoms with Gasteiger partial charge in [-0.2, -0.15) is 5.10 Å². The Morgan fingerprint density at radius 2 is 1.95 bits per heavy atom. The molecule has 0 N–H and O–H groups in total.